The van der Waals surface area contributed by atoms with Gasteiger partial charge in [-0.3, -0.25) is 0 Å². The highest BCUT2D eigenvalue weighted by atomic mass is 32.2. The molecule has 0 aromatic heterocycles. The maximum Gasteiger partial charge on any atom is 0.280 e. The molecule has 0 amide bonds. The molecule has 2 aliphatic rings. The normalized spacial score (nSPS) is 29.6. The summed E-state index contributed by atoms with van der Waals surface area (Å²) in [7, 11) is -3.54. The van der Waals surface area contributed by atoms with Crippen LogP contribution in [0.25, 0.3) is 0 Å². The first-order valence-electron chi connectivity index (χ1n) is 7.60. The number of nitrogens with one attached hydrogen (secondary N) is 1. The fourth-order valence-corrected chi connectivity index (χ4v) is 4.61. The molecule has 6 nitrogen and oxygen atoms in total. The van der Waals surface area contributed by atoms with Crippen LogP contribution in [0, 0.1) is 0 Å². The first-order valence-corrected chi connectivity index (χ1v) is 9.04. The van der Waals surface area contributed by atoms with E-state index in [-0.39, 0.29) is 18.2 Å². The van der Waals surface area contributed by atoms with E-state index in [4.69, 9.17) is 9.47 Å². The minimum atomic E-state index is -3.54. The summed E-state index contributed by atoms with van der Waals surface area (Å²) in [5.74, 6) is 0.755. The second-order valence-corrected chi connectivity index (χ2v) is 7.63. The van der Waals surface area contributed by atoms with Gasteiger partial charge in [0, 0.05) is 25.1 Å². The van der Waals surface area contributed by atoms with Gasteiger partial charge in [-0.15, -0.1) is 0 Å². The zero-order chi connectivity index (χ0) is 15.7. The molecule has 1 aromatic carbocycles. The Labute approximate surface area is 131 Å². The molecule has 122 valence electrons. The van der Waals surface area contributed by atoms with Gasteiger partial charge >= 0.3 is 0 Å². The number of rotatable bonds is 3. The van der Waals surface area contributed by atoms with Crippen molar-refractivity contribution in [3.63, 3.8) is 0 Å². The first-order chi connectivity index (χ1) is 10.5. The lowest BCUT2D eigenvalue weighted by molar-refractivity contribution is -0.0445. The van der Waals surface area contributed by atoms with Crippen molar-refractivity contribution in [2.75, 3.05) is 19.7 Å². The summed E-state index contributed by atoms with van der Waals surface area (Å²) in [6, 6.07) is 7.32. The molecule has 0 spiro atoms. The SMILES string of the molecule is C[C@@H]1CN(S(=O)(=O)N[C@@H]2CCOc3ccccc32)C[C@H](C)O1. The third kappa shape index (κ3) is 3.27. The van der Waals surface area contributed by atoms with Crippen molar-refractivity contribution in [3.8, 4) is 5.75 Å². The Morgan fingerprint density at radius 1 is 1.18 bits per heavy atom. The smallest absolute Gasteiger partial charge is 0.280 e. The van der Waals surface area contributed by atoms with Gasteiger partial charge in [-0.25, -0.2) is 0 Å². The molecule has 1 fully saturated rings. The Hall–Kier alpha value is -1.15. The molecule has 0 bridgehead atoms. The van der Waals surface area contributed by atoms with Gasteiger partial charge in [0.25, 0.3) is 10.2 Å². The summed E-state index contributed by atoms with van der Waals surface area (Å²) in [6.07, 6.45) is 0.440. The standard InChI is InChI=1S/C15H22N2O4S/c1-11-9-17(10-12(2)21-11)22(18,19)16-14-7-8-20-15-6-4-3-5-13(14)15/h3-6,11-12,14,16H,7-10H2,1-2H3/t11-,12+,14-/m1/s1. The van der Waals surface area contributed by atoms with Gasteiger partial charge in [-0.2, -0.15) is 17.4 Å². The lowest BCUT2D eigenvalue weighted by atomic mass is 10.0. The number of para-hydroxylation sites is 1. The largest absolute Gasteiger partial charge is 0.493 e. The van der Waals surface area contributed by atoms with Crippen molar-refractivity contribution >= 4 is 10.2 Å². The molecular formula is C15H22N2O4S. The molecule has 1 saturated heterocycles. The Balaban J connectivity index is 1.78. The van der Waals surface area contributed by atoms with Crippen molar-refractivity contribution in [1.29, 1.82) is 0 Å². The summed E-state index contributed by atoms with van der Waals surface area (Å²) < 4.78 is 40.8. The van der Waals surface area contributed by atoms with Crippen LogP contribution in [-0.2, 0) is 14.9 Å². The second-order valence-electron chi connectivity index (χ2n) is 5.92. The van der Waals surface area contributed by atoms with E-state index in [0.29, 0.717) is 26.1 Å². The van der Waals surface area contributed by atoms with Gasteiger partial charge in [-0.05, 0) is 19.9 Å². The van der Waals surface area contributed by atoms with Crippen LogP contribution in [0.4, 0.5) is 0 Å². The molecule has 0 aliphatic carbocycles. The van der Waals surface area contributed by atoms with Gasteiger partial charge in [0.15, 0.2) is 0 Å². The van der Waals surface area contributed by atoms with E-state index < -0.39 is 10.2 Å². The van der Waals surface area contributed by atoms with Gasteiger partial charge < -0.3 is 9.47 Å². The number of hydrogen-bond acceptors (Lipinski definition) is 4. The van der Waals surface area contributed by atoms with E-state index in [9.17, 15) is 8.42 Å². The topological polar surface area (TPSA) is 67.9 Å². The van der Waals surface area contributed by atoms with Crippen LogP contribution in [0.15, 0.2) is 24.3 Å². The third-order valence-corrected chi connectivity index (χ3v) is 5.54. The zero-order valence-electron chi connectivity index (χ0n) is 12.9. The van der Waals surface area contributed by atoms with Crippen LogP contribution in [0.5, 0.6) is 5.75 Å². The van der Waals surface area contributed by atoms with Crippen LogP contribution in [-0.4, -0.2) is 44.6 Å². The molecule has 0 unspecified atom stereocenters. The number of ether oxygens (including phenoxy) is 2. The Morgan fingerprint density at radius 2 is 1.86 bits per heavy atom. The van der Waals surface area contributed by atoms with E-state index >= 15 is 0 Å². The Kier molecular flexibility index (Phi) is 4.40. The molecule has 2 heterocycles. The van der Waals surface area contributed by atoms with E-state index in [1.165, 1.54) is 4.31 Å². The van der Waals surface area contributed by atoms with Crippen molar-refractivity contribution < 1.29 is 17.9 Å². The zero-order valence-corrected chi connectivity index (χ0v) is 13.7. The second kappa shape index (κ2) is 6.16. The molecule has 7 heteroatoms. The molecule has 3 rings (SSSR count). The van der Waals surface area contributed by atoms with Crippen LogP contribution in [0.3, 0.4) is 0 Å². The van der Waals surface area contributed by atoms with Crippen molar-refractivity contribution in [2.45, 2.75) is 38.5 Å². The fourth-order valence-electron chi connectivity index (χ4n) is 3.05. The predicted octanol–water partition coefficient (Wildman–Crippen LogP) is 1.45. The highest BCUT2D eigenvalue weighted by molar-refractivity contribution is 7.87. The Morgan fingerprint density at radius 3 is 2.59 bits per heavy atom. The molecule has 2 aliphatic heterocycles. The molecular weight excluding hydrogens is 304 g/mol. The average Bonchev–Trinajstić information content (AvgIpc) is 2.46. The van der Waals surface area contributed by atoms with Crippen LogP contribution < -0.4 is 9.46 Å². The van der Waals surface area contributed by atoms with E-state index in [1.54, 1.807) is 0 Å². The summed E-state index contributed by atoms with van der Waals surface area (Å²) in [5.41, 5.74) is 0.895. The minimum absolute atomic E-state index is 0.0951. The van der Waals surface area contributed by atoms with Crippen LogP contribution >= 0.6 is 0 Å². The summed E-state index contributed by atoms with van der Waals surface area (Å²) in [6.45, 7) is 5.05. The number of morpholine rings is 1. The summed E-state index contributed by atoms with van der Waals surface area (Å²) in [5, 5.41) is 0. The quantitative estimate of drug-likeness (QED) is 0.913. The van der Waals surface area contributed by atoms with Crippen LogP contribution in [0.2, 0.25) is 0 Å². The van der Waals surface area contributed by atoms with Gasteiger partial charge in [0.1, 0.15) is 5.75 Å². The van der Waals surface area contributed by atoms with Crippen molar-refractivity contribution in [1.82, 2.24) is 9.03 Å². The van der Waals surface area contributed by atoms with Crippen molar-refractivity contribution in [3.05, 3.63) is 29.8 Å². The summed E-state index contributed by atoms with van der Waals surface area (Å²) in [4.78, 5) is 0. The number of fused-ring (bicyclic) bond motifs is 1. The number of benzene rings is 1. The average molecular weight is 326 g/mol. The predicted molar refractivity (Wildman–Crippen MR) is 82.9 cm³/mol. The first kappa shape index (κ1) is 15.7. The molecule has 22 heavy (non-hydrogen) atoms. The monoisotopic (exact) mass is 326 g/mol. The maximum absolute atomic E-state index is 12.7. The van der Waals surface area contributed by atoms with Crippen molar-refractivity contribution in [2.24, 2.45) is 0 Å². The van der Waals surface area contributed by atoms with E-state index in [2.05, 4.69) is 4.72 Å². The molecule has 1 aromatic rings. The van der Waals surface area contributed by atoms with E-state index in [0.717, 1.165) is 11.3 Å². The lowest BCUT2D eigenvalue weighted by Gasteiger charge is -2.36. The molecule has 0 radical (unpaired) electrons. The number of nitrogens with zero attached hydrogens (tertiary/aromatic N) is 1. The molecule has 1 N–H and O–H groups in total. The highest BCUT2D eigenvalue weighted by Crippen LogP contribution is 2.32. The van der Waals surface area contributed by atoms with Gasteiger partial charge in [-0.1, -0.05) is 18.2 Å². The highest BCUT2D eigenvalue weighted by Gasteiger charge is 2.34. The van der Waals surface area contributed by atoms with Gasteiger partial charge in [0.05, 0.1) is 24.9 Å². The summed E-state index contributed by atoms with van der Waals surface area (Å²) >= 11 is 0. The van der Waals surface area contributed by atoms with Crippen LogP contribution in [0.1, 0.15) is 31.9 Å². The third-order valence-electron chi connectivity index (χ3n) is 3.98. The van der Waals surface area contributed by atoms with E-state index in [1.807, 2.05) is 38.1 Å². The Bertz CT molecular complexity index is 624. The lowest BCUT2D eigenvalue weighted by Crippen LogP contribution is -2.52. The number of hydrogen-bond donors (Lipinski definition) is 1. The molecule has 3 atom stereocenters. The molecule has 0 saturated carbocycles. The minimum Gasteiger partial charge on any atom is -0.493 e. The van der Waals surface area contributed by atoms with Gasteiger partial charge in [0.2, 0.25) is 0 Å². The maximum atomic E-state index is 12.7. The fraction of sp³-hybridized carbons (Fsp3) is 0.600.